The van der Waals surface area contributed by atoms with Gasteiger partial charge in [-0.25, -0.2) is 9.59 Å². The van der Waals surface area contributed by atoms with Gasteiger partial charge in [-0.15, -0.1) is 0 Å². The van der Waals surface area contributed by atoms with E-state index in [1.165, 1.54) is 57.8 Å². The van der Waals surface area contributed by atoms with Crippen LogP contribution in [-0.4, -0.2) is 37.7 Å². The largest absolute Gasteiger partial charge is 0.508 e. The lowest BCUT2D eigenvalue weighted by Crippen LogP contribution is -2.38. The van der Waals surface area contributed by atoms with Crippen LogP contribution in [0.5, 0.6) is 0 Å². The van der Waals surface area contributed by atoms with Gasteiger partial charge in [0, 0.05) is 0 Å². The minimum absolute atomic E-state index is 0.374. The summed E-state index contributed by atoms with van der Waals surface area (Å²) in [6, 6.07) is 0. The van der Waals surface area contributed by atoms with Crippen molar-refractivity contribution in [2.45, 2.75) is 155 Å². The molecule has 0 spiro atoms. The van der Waals surface area contributed by atoms with Gasteiger partial charge in [-0.2, -0.15) is 0 Å². The quantitative estimate of drug-likeness (QED) is 0.119. The minimum atomic E-state index is -0.661. The molecule has 6 heteroatoms. The fraction of sp³-hybridized carbons (Fsp3) is 0.933. The Balaban J connectivity index is 2.08. The van der Waals surface area contributed by atoms with Gasteiger partial charge in [0.1, 0.15) is 12.2 Å². The van der Waals surface area contributed by atoms with Gasteiger partial charge in [0.05, 0.1) is 13.2 Å². The monoisotopic (exact) mass is 512 g/mol. The van der Waals surface area contributed by atoms with Crippen LogP contribution in [0.25, 0.3) is 0 Å². The minimum Gasteiger partial charge on any atom is -0.434 e. The summed E-state index contributed by atoms with van der Waals surface area (Å²) in [7, 11) is 0. The van der Waals surface area contributed by atoms with E-state index in [0.29, 0.717) is 26.1 Å². The molecule has 0 N–H and O–H groups in total. The Hall–Kier alpha value is -1.46. The smallest absolute Gasteiger partial charge is 0.434 e. The molecule has 212 valence electrons. The van der Waals surface area contributed by atoms with E-state index in [0.717, 1.165) is 56.8 Å². The van der Waals surface area contributed by atoms with Gasteiger partial charge in [-0.3, -0.25) is 0 Å². The SMILES string of the molecule is CC(C)CCCCCCCCCCOC(=O)OC1CCCCC1OC(=O)OCCCCCCC(C)C. The molecule has 1 aliphatic carbocycles. The average molecular weight is 513 g/mol. The molecule has 0 radical (unpaired) electrons. The third-order valence-corrected chi connectivity index (χ3v) is 6.93. The van der Waals surface area contributed by atoms with Crippen LogP contribution in [0.1, 0.15) is 143 Å². The lowest BCUT2D eigenvalue weighted by molar-refractivity contribution is -0.0713. The standard InChI is InChI=1S/C30H56O6/c1-25(2)19-13-9-7-5-6-8-11-17-23-33-29(31)35-27-21-15-16-22-28(27)36-30(32)34-24-18-12-10-14-20-26(3)4/h25-28H,5-24H2,1-4H3. The Morgan fingerprint density at radius 1 is 0.556 bits per heavy atom. The molecule has 1 saturated carbocycles. The molecule has 0 aromatic carbocycles. The summed E-state index contributed by atoms with van der Waals surface area (Å²) in [5.41, 5.74) is 0. The van der Waals surface area contributed by atoms with Gasteiger partial charge in [-0.05, 0) is 50.4 Å². The van der Waals surface area contributed by atoms with Crippen LogP contribution in [0.15, 0.2) is 0 Å². The molecule has 1 rings (SSSR count). The first-order chi connectivity index (χ1) is 17.4. The summed E-state index contributed by atoms with van der Waals surface area (Å²) in [4.78, 5) is 24.3. The fourth-order valence-electron chi connectivity index (χ4n) is 4.68. The van der Waals surface area contributed by atoms with Crippen molar-refractivity contribution in [2.75, 3.05) is 13.2 Å². The maximum atomic E-state index is 12.1. The molecule has 0 bridgehead atoms. The second-order valence-electron chi connectivity index (χ2n) is 11.4. The van der Waals surface area contributed by atoms with Crippen LogP contribution in [0.2, 0.25) is 0 Å². The van der Waals surface area contributed by atoms with E-state index in [1.54, 1.807) is 0 Å². The average Bonchev–Trinajstić information content (AvgIpc) is 2.82. The first-order valence-electron chi connectivity index (χ1n) is 15.0. The molecular weight excluding hydrogens is 456 g/mol. The number of carbonyl (C=O) groups is 2. The van der Waals surface area contributed by atoms with E-state index in [2.05, 4.69) is 27.7 Å². The zero-order valence-corrected chi connectivity index (χ0v) is 23.9. The summed E-state index contributed by atoms with van der Waals surface area (Å²) in [6.07, 6.45) is 17.6. The summed E-state index contributed by atoms with van der Waals surface area (Å²) >= 11 is 0. The first-order valence-corrected chi connectivity index (χ1v) is 15.0. The Kier molecular flexibility index (Phi) is 19.5. The maximum absolute atomic E-state index is 12.1. The predicted molar refractivity (Wildman–Crippen MR) is 145 cm³/mol. The van der Waals surface area contributed by atoms with Crippen LogP contribution in [0, 0.1) is 11.8 Å². The Labute approximate surface area is 221 Å². The van der Waals surface area contributed by atoms with Crippen molar-refractivity contribution in [3.8, 4) is 0 Å². The third-order valence-electron chi connectivity index (χ3n) is 6.93. The first kappa shape index (κ1) is 32.6. The number of unbranched alkanes of at least 4 members (excludes halogenated alkanes) is 10. The number of rotatable bonds is 20. The molecular formula is C30H56O6. The van der Waals surface area contributed by atoms with Crippen molar-refractivity contribution in [1.29, 1.82) is 0 Å². The molecule has 2 unspecified atom stereocenters. The maximum Gasteiger partial charge on any atom is 0.508 e. The van der Waals surface area contributed by atoms with E-state index >= 15 is 0 Å². The Morgan fingerprint density at radius 2 is 0.889 bits per heavy atom. The molecule has 36 heavy (non-hydrogen) atoms. The van der Waals surface area contributed by atoms with Gasteiger partial charge in [0.2, 0.25) is 0 Å². The van der Waals surface area contributed by atoms with Crippen molar-refractivity contribution in [3.05, 3.63) is 0 Å². The van der Waals surface area contributed by atoms with Crippen LogP contribution >= 0.6 is 0 Å². The molecule has 0 aromatic rings. The van der Waals surface area contributed by atoms with E-state index in [4.69, 9.17) is 18.9 Å². The normalized spacial score (nSPS) is 17.8. The molecule has 1 aliphatic rings. The Bertz CT molecular complexity index is 548. The van der Waals surface area contributed by atoms with Crippen molar-refractivity contribution in [3.63, 3.8) is 0 Å². The lowest BCUT2D eigenvalue weighted by Gasteiger charge is -2.29. The molecule has 0 saturated heterocycles. The highest BCUT2D eigenvalue weighted by atomic mass is 16.8. The second kappa shape index (κ2) is 21.6. The number of ether oxygens (including phenoxy) is 4. The molecule has 6 nitrogen and oxygen atoms in total. The molecule has 1 fully saturated rings. The van der Waals surface area contributed by atoms with Crippen molar-refractivity contribution < 1.29 is 28.5 Å². The van der Waals surface area contributed by atoms with Crippen molar-refractivity contribution >= 4 is 12.3 Å². The van der Waals surface area contributed by atoms with Crippen molar-refractivity contribution in [2.24, 2.45) is 11.8 Å². The molecule has 2 atom stereocenters. The highest BCUT2D eigenvalue weighted by Gasteiger charge is 2.32. The van der Waals surface area contributed by atoms with Gasteiger partial charge in [0.15, 0.2) is 0 Å². The molecule has 0 amide bonds. The third kappa shape index (κ3) is 18.8. The highest BCUT2D eigenvalue weighted by Crippen LogP contribution is 2.25. The van der Waals surface area contributed by atoms with Crippen LogP contribution in [0.3, 0.4) is 0 Å². The van der Waals surface area contributed by atoms with Gasteiger partial charge >= 0.3 is 12.3 Å². The Morgan fingerprint density at radius 3 is 1.25 bits per heavy atom. The van der Waals surface area contributed by atoms with E-state index in [1.807, 2.05) is 0 Å². The van der Waals surface area contributed by atoms with Gasteiger partial charge in [0.25, 0.3) is 0 Å². The number of hydrogen-bond acceptors (Lipinski definition) is 6. The van der Waals surface area contributed by atoms with Crippen molar-refractivity contribution in [1.82, 2.24) is 0 Å². The number of carbonyl (C=O) groups excluding carboxylic acids is 2. The molecule has 0 aromatic heterocycles. The second-order valence-corrected chi connectivity index (χ2v) is 11.4. The van der Waals surface area contributed by atoms with Gasteiger partial charge in [-0.1, -0.05) is 105 Å². The summed E-state index contributed by atoms with van der Waals surface area (Å²) in [6.45, 7) is 9.80. The highest BCUT2D eigenvalue weighted by molar-refractivity contribution is 5.61. The lowest BCUT2D eigenvalue weighted by atomic mass is 9.95. The zero-order chi connectivity index (χ0) is 26.4. The van der Waals surface area contributed by atoms with Gasteiger partial charge < -0.3 is 18.9 Å². The summed E-state index contributed by atoms with van der Waals surface area (Å²) in [5, 5.41) is 0. The van der Waals surface area contributed by atoms with E-state index in [9.17, 15) is 9.59 Å². The van der Waals surface area contributed by atoms with E-state index < -0.39 is 24.5 Å². The predicted octanol–water partition coefficient (Wildman–Crippen LogP) is 9.38. The van der Waals surface area contributed by atoms with Crippen LogP contribution < -0.4 is 0 Å². The fourth-order valence-corrected chi connectivity index (χ4v) is 4.68. The zero-order valence-electron chi connectivity index (χ0n) is 23.9. The van der Waals surface area contributed by atoms with E-state index in [-0.39, 0.29) is 0 Å². The summed E-state index contributed by atoms with van der Waals surface area (Å²) in [5.74, 6) is 1.55. The summed E-state index contributed by atoms with van der Waals surface area (Å²) < 4.78 is 21.5. The topological polar surface area (TPSA) is 71.1 Å². The molecule has 0 aliphatic heterocycles. The van der Waals surface area contributed by atoms with Crippen LogP contribution in [0.4, 0.5) is 9.59 Å². The van der Waals surface area contributed by atoms with Crippen LogP contribution in [-0.2, 0) is 18.9 Å². The number of hydrogen-bond donors (Lipinski definition) is 0. The molecule has 0 heterocycles.